The van der Waals surface area contributed by atoms with Crippen LogP contribution < -0.4 is 0 Å². The molecule has 0 aliphatic carbocycles. The highest BCUT2D eigenvalue weighted by Gasteiger charge is 2.37. The molecule has 4 aromatic rings. The highest BCUT2D eigenvalue weighted by Crippen LogP contribution is 2.36. The van der Waals surface area contributed by atoms with Crippen molar-refractivity contribution in [2.24, 2.45) is 5.92 Å². The number of benzene rings is 1. The van der Waals surface area contributed by atoms with Crippen molar-refractivity contribution in [3.8, 4) is 0 Å². The summed E-state index contributed by atoms with van der Waals surface area (Å²) in [7, 11) is 0. The third kappa shape index (κ3) is 3.12. The quantitative estimate of drug-likeness (QED) is 0.573. The number of amides is 1. The molecule has 1 N–H and O–H groups in total. The summed E-state index contributed by atoms with van der Waals surface area (Å²) in [6.45, 7) is 3.80. The summed E-state index contributed by atoms with van der Waals surface area (Å²) in [4.78, 5) is 26.7. The van der Waals surface area contributed by atoms with Gasteiger partial charge in [0, 0.05) is 37.1 Å². The predicted octanol–water partition coefficient (Wildman–Crippen LogP) is 3.97. The van der Waals surface area contributed by atoms with Crippen molar-refractivity contribution in [3.63, 3.8) is 0 Å². The molecule has 1 aromatic carbocycles. The van der Waals surface area contributed by atoms with Crippen molar-refractivity contribution in [1.29, 1.82) is 0 Å². The molecular formula is C22H23N5O2. The third-order valence-corrected chi connectivity index (χ3v) is 5.88. The molecular weight excluding hydrogens is 366 g/mol. The van der Waals surface area contributed by atoms with Gasteiger partial charge in [-0.15, -0.1) is 0 Å². The maximum atomic E-state index is 12.7. The number of ether oxygens (including phenoxy) is 1. The fourth-order valence-electron chi connectivity index (χ4n) is 4.33. The molecule has 5 rings (SSSR count). The second kappa shape index (κ2) is 7.24. The smallest absolute Gasteiger partial charge is 0.410 e. The molecule has 0 spiro atoms. The van der Waals surface area contributed by atoms with Crippen LogP contribution in [0.25, 0.3) is 16.8 Å². The molecule has 7 nitrogen and oxygen atoms in total. The molecule has 0 radical (unpaired) electrons. The molecule has 0 saturated carbocycles. The van der Waals surface area contributed by atoms with Gasteiger partial charge in [0.2, 0.25) is 0 Å². The number of likely N-dealkylation sites (tertiary alicyclic amines) is 1. The number of aromatic amines is 1. The van der Waals surface area contributed by atoms with Crippen molar-refractivity contribution in [2.75, 3.05) is 13.1 Å². The van der Waals surface area contributed by atoms with E-state index in [2.05, 4.69) is 26.3 Å². The second-order valence-corrected chi connectivity index (χ2v) is 7.57. The highest BCUT2D eigenvalue weighted by atomic mass is 16.6. The van der Waals surface area contributed by atoms with Gasteiger partial charge in [-0.3, -0.25) is 4.40 Å². The van der Waals surface area contributed by atoms with E-state index < -0.39 is 0 Å². The first kappa shape index (κ1) is 17.7. The Bertz CT molecular complexity index is 1150. The Labute approximate surface area is 168 Å². The number of rotatable bonds is 4. The van der Waals surface area contributed by atoms with Crippen LogP contribution in [0.2, 0.25) is 0 Å². The summed E-state index contributed by atoms with van der Waals surface area (Å²) < 4.78 is 7.72. The lowest BCUT2D eigenvalue weighted by molar-refractivity contribution is 0.103. The van der Waals surface area contributed by atoms with Gasteiger partial charge in [-0.1, -0.05) is 43.7 Å². The maximum Gasteiger partial charge on any atom is 0.410 e. The molecule has 3 aromatic heterocycles. The summed E-state index contributed by atoms with van der Waals surface area (Å²) in [5, 5.41) is 0. The average molecular weight is 389 g/mol. The number of fused-ring (bicyclic) bond motifs is 3. The van der Waals surface area contributed by atoms with Gasteiger partial charge in [0.1, 0.15) is 6.61 Å². The Morgan fingerprint density at radius 3 is 2.86 bits per heavy atom. The van der Waals surface area contributed by atoms with Crippen LogP contribution in [0.5, 0.6) is 0 Å². The summed E-state index contributed by atoms with van der Waals surface area (Å²) in [5.74, 6) is 0.570. The van der Waals surface area contributed by atoms with E-state index in [-0.39, 0.29) is 12.0 Å². The average Bonchev–Trinajstić information content (AvgIpc) is 3.48. The number of carbonyl (C=O) groups excluding carboxylic acids is 1. The Hall–Kier alpha value is -3.35. The number of nitrogens with zero attached hydrogens (tertiary/aromatic N) is 4. The Morgan fingerprint density at radius 2 is 2.03 bits per heavy atom. The van der Waals surface area contributed by atoms with Gasteiger partial charge in [0.25, 0.3) is 0 Å². The monoisotopic (exact) mass is 389 g/mol. The SMILES string of the molecule is CC[C@@H]1CN(C(=O)OCc2ccccc2)C[C@@H]1c1cnc2cnc3[nH]ccc3n12. The molecule has 0 bridgehead atoms. The molecule has 2 atom stereocenters. The van der Waals surface area contributed by atoms with Crippen molar-refractivity contribution in [3.05, 3.63) is 66.2 Å². The van der Waals surface area contributed by atoms with Gasteiger partial charge in [-0.2, -0.15) is 0 Å². The lowest BCUT2D eigenvalue weighted by Gasteiger charge is -2.16. The van der Waals surface area contributed by atoms with E-state index in [4.69, 9.17) is 4.74 Å². The number of hydrogen-bond donors (Lipinski definition) is 1. The minimum absolute atomic E-state index is 0.208. The molecule has 1 amide bonds. The second-order valence-electron chi connectivity index (χ2n) is 7.57. The number of carbonyl (C=O) groups is 1. The van der Waals surface area contributed by atoms with Crippen LogP contribution in [-0.2, 0) is 11.3 Å². The fourth-order valence-corrected chi connectivity index (χ4v) is 4.33. The predicted molar refractivity (Wildman–Crippen MR) is 110 cm³/mol. The Balaban J connectivity index is 1.39. The number of imidazole rings is 1. The summed E-state index contributed by atoms with van der Waals surface area (Å²) in [6, 6.07) is 11.8. The van der Waals surface area contributed by atoms with Gasteiger partial charge >= 0.3 is 6.09 Å². The van der Waals surface area contributed by atoms with Crippen molar-refractivity contribution >= 4 is 22.9 Å². The van der Waals surface area contributed by atoms with Crippen molar-refractivity contribution < 1.29 is 9.53 Å². The van der Waals surface area contributed by atoms with E-state index in [1.165, 1.54) is 0 Å². The van der Waals surface area contributed by atoms with E-state index in [1.54, 1.807) is 6.20 Å². The molecule has 1 aliphatic heterocycles. The zero-order chi connectivity index (χ0) is 19.8. The van der Waals surface area contributed by atoms with Gasteiger partial charge in [-0.25, -0.2) is 14.8 Å². The molecule has 1 saturated heterocycles. The zero-order valence-corrected chi connectivity index (χ0v) is 16.3. The van der Waals surface area contributed by atoms with Gasteiger partial charge in [0.05, 0.1) is 11.7 Å². The summed E-state index contributed by atoms with van der Waals surface area (Å²) >= 11 is 0. The number of H-pyrrole nitrogens is 1. The lowest BCUT2D eigenvalue weighted by atomic mass is 9.91. The molecule has 7 heteroatoms. The van der Waals surface area contributed by atoms with Crippen molar-refractivity contribution in [1.82, 2.24) is 24.3 Å². The van der Waals surface area contributed by atoms with Gasteiger partial charge < -0.3 is 14.6 Å². The molecule has 1 fully saturated rings. The van der Waals surface area contributed by atoms with E-state index in [0.717, 1.165) is 34.5 Å². The Morgan fingerprint density at radius 1 is 1.17 bits per heavy atom. The molecule has 0 unspecified atom stereocenters. The third-order valence-electron chi connectivity index (χ3n) is 5.88. The van der Waals surface area contributed by atoms with Crippen LogP contribution in [0.4, 0.5) is 4.79 Å². The first-order chi connectivity index (χ1) is 14.2. The molecule has 148 valence electrons. The van der Waals surface area contributed by atoms with Crippen LogP contribution in [0, 0.1) is 5.92 Å². The minimum atomic E-state index is -0.253. The zero-order valence-electron chi connectivity index (χ0n) is 16.3. The minimum Gasteiger partial charge on any atom is -0.445 e. The molecule has 29 heavy (non-hydrogen) atoms. The number of nitrogens with one attached hydrogen (secondary N) is 1. The van der Waals surface area contributed by atoms with Crippen LogP contribution in [0.15, 0.2) is 55.0 Å². The molecule has 1 aliphatic rings. The summed E-state index contributed by atoms with van der Waals surface area (Å²) in [5.41, 5.74) is 4.79. The van der Waals surface area contributed by atoms with Crippen LogP contribution in [0.1, 0.15) is 30.5 Å². The van der Waals surface area contributed by atoms with E-state index in [1.807, 2.05) is 53.7 Å². The first-order valence-corrected chi connectivity index (χ1v) is 9.99. The first-order valence-electron chi connectivity index (χ1n) is 9.99. The standard InChI is InChI=1S/C22H23N5O2/c1-2-16-12-26(22(28)29-14-15-6-4-3-5-7-15)13-17(16)19-10-24-20-11-25-21-18(27(19)20)8-9-23-21/h3-11,16-17,23H,2,12-14H2,1H3/t16-,17+/m1/s1. The van der Waals surface area contributed by atoms with Crippen molar-refractivity contribution in [2.45, 2.75) is 25.9 Å². The maximum absolute atomic E-state index is 12.7. The van der Waals surface area contributed by atoms with Gasteiger partial charge in [0.15, 0.2) is 11.3 Å². The largest absolute Gasteiger partial charge is 0.445 e. The van der Waals surface area contributed by atoms with Crippen LogP contribution in [0.3, 0.4) is 0 Å². The highest BCUT2D eigenvalue weighted by molar-refractivity contribution is 5.75. The lowest BCUT2D eigenvalue weighted by Crippen LogP contribution is -2.29. The normalized spacial score (nSPS) is 19.3. The summed E-state index contributed by atoms with van der Waals surface area (Å²) in [6.07, 6.45) is 6.33. The van der Waals surface area contributed by atoms with Gasteiger partial charge in [-0.05, 0) is 17.5 Å². The number of hydrogen-bond acceptors (Lipinski definition) is 4. The van der Waals surface area contributed by atoms with E-state index >= 15 is 0 Å². The number of aromatic nitrogens is 4. The van der Waals surface area contributed by atoms with E-state index in [0.29, 0.717) is 25.6 Å². The fraction of sp³-hybridized carbons (Fsp3) is 0.318. The van der Waals surface area contributed by atoms with Crippen LogP contribution in [-0.4, -0.2) is 43.4 Å². The van der Waals surface area contributed by atoms with Crippen LogP contribution >= 0.6 is 0 Å². The topological polar surface area (TPSA) is 75.5 Å². The van der Waals surface area contributed by atoms with E-state index in [9.17, 15) is 4.79 Å². The Kier molecular flexibility index (Phi) is 4.42. The molecule has 4 heterocycles.